The molecule has 3 rings (SSSR count). The van der Waals surface area contributed by atoms with Crippen LogP contribution in [-0.4, -0.2) is 10.2 Å². The molecule has 0 aliphatic rings. The van der Waals surface area contributed by atoms with Gasteiger partial charge in [-0.15, -0.1) is 0 Å². The van der Waals surface area contributed by atoms with E-state index in [1.165, 1.54) is 11.1 Å². The molecule has 0 saturated heterocycles. The van der Waals surface area contributed by atoms with Gasteiger partial charge in [0.25, 0.3) is 0 Å². The first-order valence-corrected chi connectivity index (χ1v) is 8.39. The standard InChI is InChI=1S/C22H23NO2/c1-16-3-8-22(13-17(16)2)23(20-9-4-18(14-24)5-10-20)21-11-6-19(15-25)7-12-21/h3-13,24-25H,14-15H2,1-2H3. The second-order valence-electron chi connectivity index (χ2n) is 6.25. The maximum Gasteiger partial charge on any atom is 0.0681 e. The molecule has 0 atom stereocenters. The largest absolute Gasteiger partial charge is 0.392 e. The molecule has 0 aliphatic carbocycles. The third kappa shape index (κ3) is 3.73. The fourth-order valence-corrected chi connectivity index (χ4v) is 2.81. The Balaban J connectivity index is 2.10. The average Bonchev–Trinajstić information content (AvgIpc) is 2.66. The molecule has 3 nitrogen and oxygen atoms in total. The number of aliphatic hydroxyl groups excluding tert-OH is 2. The third-order valence-corrected chi connectivity index (χ3v) is 4.50. The lowest BCUT2D eigenvalue weighted by atomic mass is 10.1. The summed E-state index contributed by atoms with van der Waals surface area (Å²) >= 11 is 0. The van der Waals surface area contributed by atoms with Crippen LogP contribution in [0.3, 0.4) is 0 Å². The van der Waals surface area contributed by atoms with Gasteiger partial charge in [-0.1, -0.05) is 30.3 Å². The zero-order valence-corrected chi connectivity index (χ0v) is 14.6. The molecule has 25 heavy (non-hydrogen) atoms. The zero-order valence-electron chi connectivity index (χ0n) is 14.6. The van der Waals surface area contributed by atoms with Crippen molar-refractivity contribution in [1.29, 1.82) is 0 Å². The van der Waals surface area contributed by atoms with Crippen molar-refractivity contribution in [2.75, 3.05) is 4.90 Å². The summed E-state index contributed by atoms with van der Waals surface area (Å²) in [4.78, 5) is 2.18. The maximum absolute atomic E-state index is 9.29. The second kappa shape index (κ2) is 7.51. The summed E-state index contributed by atoms with van der Waals surface area (Å²) in [6.45, 7) is 4.29. The van der Waals surface area contributed by atoms with E-state index in [4.69, 9.17) is 0 Å². The topological polar surface area (TPSA) is 43.7 Å². The van der Waals surface area contributed by atoms with E-state index < -0.39 is 0 Å². The molecule has 0 fully saturated rings. The molecule has 3 aromatic rings. The van der Waals surface area contributed by atoms with Crippen LogP contribution in [0.4, 0.5) is 17.1 Å². The molecule has 0 saturated carbocycles. The minimum Gasteiger partial charge on any atom is -0.392 e. The SMILES string of the molecule is Cc1ccc(N(c2ccc(CO)cc2)c2ccc(CO)cc2)cc1C. The van der Waals surface area contributed by atoms with Gasteiger partial charge in [0.15, 0.2) is 0 Å². The van der Waals surface area contributed by atoms with Crippen LogP contribution in [0.25, 0.3) is 0 Å². The van der Waals surface area contributed by atoms with Crippen LogP contribution in [0.1, 0.15) is 22.3 Å². The van der Waals surface area contributed by atoms with Crippen molar-refractivity contribution in [3.63, 3.8) is 0 Å². The summed E-state index contributed by atoms with van der Waals surface area (Å²) in [6.07, 6.45) is 0. The fraction of sp³-hybridized carbons (Fsp3) is 0.182. The molecule has 0 aliphatic heterocycles. The maximum atomic E-state index is 9.29. The lowest BCUT2D eigenvalue weighted by Crippen LogP contribution is -2.10. The molecule has 128 valence electrons. The Labute approximate surface area is 148 Å². The van der Waals surface area contributed by atoms with Crippen LogP contribution in [0.2, 0.25) is 0 Å². The van der Waals surface area contributed by atoms with Crippen LogP contribution >= 0.6 is 0 Å². The molecular formula is C22H23NO2. The molecule has 3 aromatic carbocycles. The van der Waals surface area contributed by atoms with Crippen molar-refractivity contribution in [3.05, 3.63) is 89.0 Å². The highest BCUT2D eigenvalue weighted by Gasteiger charge is 2.13. The fourth-order valence-electron chi connectivity index (χ4n) is 2.81. The van der Waals surface area contributed by atoms with E-state index in [0.717, 1.165) is 28.2 Å². The molecule has 0 bridgehead atoms. The van der Waals surface area contributed by atoms with Crippen molar-refractivity contribution in [2.24, 2.45) is 0 Å². The molecule has 0 heterocycles. The van der Waals surface area contributed by atoms with Gasteiger partial charge in [-0.2, -0.15) is 0 Å². The predicted molar refractivity (Wildman–Crippen MR) is 102 cm³/mol. The molecule has 2 N–H and O–H groups in total. The van der Waals surface area contributed by atoms with Crippen molar-refractivity contribution >= 4 is 17.1 Å². The monoisotopic (exact) mass is 333 g/mol. The second-order valence-corrected chi connectivity index (χ2v) is 6.25. The Hall–Kier alpha value is -2.62. The van der Waals surface area contributed by atoms with Gasteiger partial charge in [-0.3, -0.25) is 0 Å². The first-order chi connectivity index (χ1) is 12.1. The quantitative estimate of drug-likeness (QED) is 0.707. The molecule has 0 aromatic heterocycles. The van der Waals surface area contributed by atoms with Crippen molar-refractivity contribution in [1.82, 2.24) is 0 Å². The molecular weight excluding hydrogens is 310 g/mol. The Morgan fingerprint density at radius 3 is 1.44 bits per heavy atom. The van der Waals surface area contributed by atoms with Gasteiger partial charge in [-0.05, 0) is 72.5 Å². The van der Waals surface area contributed by atoms with E-state index in [0.29, 0.717) is 0 Å². The van der Waals surface area contributed by atoms with Crippen LogP contribution in [0.15, 0.2) is 66.7 Å². The highest BCUT2D eigenvalue weighted by Crippen LogP contribution is 2.35. The number of rotatable bonds is 5. The number of anilines is 3. The minimum absolute atomic E-state index is 0.0368. The number of benzene rings is 3. The van der Waals surface area contributed by atoms with Gasteiger partial charge >= 0.3 is 0 Å². The normalized spacial score (nSPS) is 10.7. The summed E-state index contributed by atoms with van der Waals surface area (Å²) in [5, 5.41) is 18.6. The van der Waals surface area contributed by atoms with E-state index in [-0.39, 0.29) is 13.2 Å². The predicted octanol–water partition coefficient (Wildman–Crippen LogP) is 4.76. The van der Waals surface area contributed by atoms with Gasteiger partial charge in [0.05, 0.1) is 13.2 Å². The lowest BCUT2D eigenvalue weighted by molar-refractivity contribution is 0.281. The molecule has 0 spiro atoms. The van der Waals surface area contributed by atoms with Gasteiger partial charge in [0.2, 0.25) is 0 Å². The van der Waals surface area contributed by atoms with Crippen LogP contribution in [0, 0.1) is 13.8 Å². The van der Waals surface area contributed by atoms with Gasteiger partial charge < -0.3 is 15.1 Å². The Morgan fingerprint density at radius 2 is 1.04 bits per heavy atom. The van der Waals surface area contributed by atoms with E-state index >= 15 is 0 Å². The number of aryl methyl sites for hydroxylation is 2. The molecule has 0 radical (unpaired) electrons. The van der Waals surface area contributed by atoms with Crippen LogP contribution in [-0.2, 0) is 13.2 Å². The Kier molecular flexibility index (Phi) is 5.17. The molecule has 3 heteroatoms. The highest BCUT2D eigenvalue weighted by atomic mass is 16.3. The number of aliphatic hydroxyl groups is 2. The first kappa shape index (κ1) is 17.2. The Bertz CT molecular complexity index is 791. The number of nitrogens with zero attached hydrogens (tertiary/aromatic N) is 1. The van der Waals surface area contributed by atoms with Gasteiger partial charge in [0.1, 0.15) is 0 Å². The molecule has 0 unspecified atom stereocenters. The third-order valence-electron chi connectivity index (χ3n) is 4.50. The van der Waals surface area contributed by atoms with Gasteiger partial charge in [-0.25, -0.2) is 0 Å². The van der Waals surface area contributed by atoms with E-state index in [1.807, 2.05) is 48.5 Å². The lowest BCUT2D eigenvalue weighted by Gasteiger charge is -2.26. The van der Waals surface area contributed by atoms with E-state index in [9.17, 15) is 10.2 Å². The minimum atomic E-state index is 0.0368. The van der Waals surface area contributed by atoms with E-state index in [1.54, 1.807) is 0 Å². The average molecular weight is 333 g/mol. The van der Waals surface area contributed by atoms with Gasteiger partial charge in [0, 0.05) is 17.1 Å². The van der Waals surface area contributed by atoms with Crippen molar-refractivity contribution in [2.45, 2.75) is 27.1 Å². The highest BCUT2D eigenvalue weighted by molar-refractivity contribution is 5.77. The summed E-state index contributed by atoms with van der Waals surface area (Å²) in [6, 6.07) is 22.2. The van der Waals surface area contributed by atoms with Crippen LogP contribution in [0.5, 0.6) is 0 Å². The first-order valence-electron chi connectivity index (χ1n) is 8.39. The van der Waals surface area contributed by atoms with E-state index in [2.05, 4.69) is 36.9 Å². The Morgan fingerprint density at radius 1 is 0.600 bits per heavy atom. The number of hydrogen-bond acceptors (Lipinski definition) is 3. The summed E-state index contributed by atoms with van der Waals surface area (Å²) in [5.41, 5.74) is 7.40. The zero-order chi connectivity index (χ0) is 17.8. The van der Waals surface area contributed by atoms with Crippen molar-refractivity contribution in [3.8, 4) is 0 Å². The number of hydrogen-bond donors (Lipinski definition) is 2. The molecule has 0 amide bonds. The summed E-state index contributed by atoms with van der Waals surface area (Å²) in [7, 11) is 0. The van der Waals surface area contributed by atoms with Crippen LogP contribution < -0.4 is 4.90 Å². The summed E-state index contributed by atoms with van der Waals surface area (Å²) < 4.78 is 0. The summed E-state index contributed by atoms with van der Waals surface area (Å²) in [5.74, 6) is 0. The van der Waals surface area contributed by atoms with Crippen molar-refractivity contribution < 1.29 is 10.2 Å². The smallest absolute Gasteiger partial charge is 0.0681 e.